The van der Waals surface area contributed by atoms with E-state index in [2.05, 4.69) is 24.0 Å². The summed E-state index contributed by atoms with van der Waals surface area (Å²) in [6, 6.07) is 4.18. The molecule has 0 saturated heterocycles. The van der Waals surface area contributed by atoms with Gasteiger partial charge in [0.15, 0.2) is 0 Å². The lowest BCUT2D eigenvalue weighted by Crippen LogP contribution is -2.05. The molecule has 1 nitrogen and oxygen atoms in total. The van der Waals surface area contributed by atoms with Gasteiger partial charge >= 0.3 is 0 Å². The van der Waals surface area contributed by atoms with E-state index in [-0.39, 0.29) is 5.38 Å². The summed E-state index contributed by atoms with van der Waals surface area (Å²) in [7, 11) is 0. The van der Waals surface area contributed by atoms with Crippen LogP contribution in [0.1, 0.15) is 30.5 Å². The zero-order chi connectivity index (χ0) is 9.97. The number of hydrogen-bond donors (Lipinski definition) is 0. The second-order valence-electron chi connectivity index (χ2n) is 4.31. The van der Waals surface area contributed by atoms with Gasteiger partial charge in [0.05, 0.1) is 0 Å². The monoisotopic (exact) mass is 209 g/mol. The predicted octanol–water partition coefficient (Wildman–Crippen LogP) is 3.34. The highest BCUT2D eigenvalue weighted by atomic mass is 35.5. The lowest BCUT2D eigenvalue weighted by Gasteiger charge is -2.07. The van der Waals surface area contributed by atoms with Crippen LogP contribution in [0.5, 0.6) is 0 Å². The van der Waals surface area contributed by atoms with Gasteiger partial charge < -0.3 is 0 Å². The SMILES string of the molecule is Cc1ccc(CC(Cl)CC2CC2)nc1. The Kier molecular flexibility index (Phi) is 3.07. The Hall–Kier alpha value is -0.560. The first-order chi connectivity index (χ1) is 6.74. The molecule has 0 amide bonds. The second kappa shape index (κ2) is 4.31. The molecule has 0 bridgehead atoms. The number of nitrogens with zero attached hydrogens (tertiary/aromatic N) is 1. The zero-order valence-corrected chi connectivity index (χ0v) is 9.30. The second-order valence-corrected chi connectivity index (χ2v) is 4.92. The van der Waals surface area contributed by atoms with E-state index in [0.29, 0.717) is 0 Å². The molecule has 1 heterocycles. The van der Waals surface area contributed by atoms with Gasteiger partial charge in [0.25, 0.3) is 0 Å². The van der Waals surface area contributed by atoms with Crippen molar-refractivity contribution >= 4 is 11.6 Å². The van der Waals surface area contributed by atoms with Gasteiger partial charge in [-0.2, -0.15) is 0 Å². The molecule has 0 aromatic carbocycles. The van der Waals surface area contributed by atoms with E-state index >= 15 is 0 Å². The molecule has 1 aliphatic carbocycles. The maximum Gasteiger partial charge on any atom is 0.0418 e. The third-order valence-electron chi connectivity index (χ3n) is 2.69. The topological polar surface area (TPSA) is 12.9 Å². The molecule has 2 heteroatoms. The number of halogens is 1. The highest BCUT2D eigenvalue weighted by molar-refractivity contribution is 6.20. The van der Waals surface area contributed by atoms with Gasteiger partial charge in [-0.15, -0.1) is 11.6 Å². The Morgan fingerprint density at radius 2 is 2.29 bits per heavy atom. The molecule has 0 aliphatic heterocycles. The molecule has 1 aliphatic rings. The fourth-order valence-electron chi connectivity index (χ4n) is 1.64. The van der Waals surface area contributed by atoms with Gasteiger partial charge in [-0.05, 0) is 30.9 Å². The molecule has 0 spiro atoms. The van der Waals surface area contributed by atoms with Crippen molar-refractivity contribution in [1.29, 1.82) is 0 Å². The molecule has 14 heavy (non-hydrogen) atoms. The zero-order valence-electron chi connectivity index (χ0n) is 8.54. The third kappa shape index (κ3) is 2.98. The van der Waals surface area contributed by atoms with Crippen molar-refractivity contribution in [3.8, 4) is 0 Å². The minimum atomic E-state index is 0.276. The summed E-state index contributed by atoms with van der Waals surface area (Å²) in [6.07, 6.45) is 6.75. The highest BCUT2D eigenvalue weighted by Gasteiger charge is 2.24. The Morgan fingerprint density at radius 3 is 2.86 bits per heavy atom. The molecular formula is C12H16ClN. The van der Waals surface area contributed by atoms with Crippen LogP contribution < -0.4 is 0 Å². The van der Waals surface area contributed by atoms with Crippen LogP contribution in [0.4, 0.5) is 0 Å². The average molecular weight is 210 g/mol. The fraction of sp³-hybridized carbons (Fsp3) is 0.583. The predicted molar refractivity (Wildman–Crippen MR) is 59.7 cm³/mol. The summed E-state index contributed by atoms with van der Waals surface area (Å²) in [4.78, 5) is 4.36. The largest absolute Gasteiger partial charge is 0.261 e. The van der Waals surface area contributed by atoms with Crippen LogP contribution in [-0.4, -0.2) is 10.4 Å². The van der Waals surface area contributed by atoms with Crippen molar-refractivity contribution in [2.45, 2.75) is 38.0 Å². The van der Waals surface area contributed by atoms with E-state index in [1.165, 1.54) is 18.4 Å². The van der Waals surface area contributed by atoms with Crippen LogP contribution in [-0.2, 0) is 6.42 Å². The lowest BCUT2D eigenvalue weighted by molar-refractivity contribution is 0.667. The highest BCUT2D eigenvalue weighted by Crippen LogP contribution is 2.35. The van der Waals surface area contributed by atoms with Gasteiger partial charge in [-0.25, -0.2) is 0 Å². The summed E-state index contributed by atoms with van der Waals surface area (Å²) in [6.45, 7) is 2.05. The first kappa shape index (κ1) is 9.97. The van der Waals surface area contributed by atoms with E-state index in [1.54, 1.807) is 0 Å². The maximum atomic E-state index is 6.25. The minimum absolute atomic E-state index is 0.276. The maximum absolute atomic E-state index is 6.25. The first-order valence-electron chi connectivity index (χ1n) is 5.29. The van der Waals surface area contributed by atoms with Crippen LogP contribution in [0.25, 0.3) is 0 Å². The first-order valence-corrected chi connectivity index (χ1v) is 5.73. The minimum Gasteiger partial charge on any atom is -0.261 e. The van der Waals surface area contributed by atoms with Gasteiger partial charge in [-0.1, -0.05) is 18.9 Å². The third-order valence-corrected chi connectivity index (χ3v) is 3.02. The van der Waals surface area contributed by atoms with Crippen molar-refractivity contribution in [1.82, 2.24) is 4.98 Å². The van der Waals surface area contributed by atoms with Crippen molar-refractivity contribution in [2.75, 3.05) is 0 Å². The van der Waals surface area contributed by atoms with Crippen molar-refractivity contribution < 1.29 is 0 Å². The van der Waals surface area contributed by atoms with Crippen LogP contribution >= 0.6 is 11.6 Å². The van der Waals surface area contributed by atoms with E-state index in [9.17, 15) is 0 Å². The van der Waals surface area contributed by atoms with E-state index in [1.807, 2.05) is 6.20 Å². The van der Waals surface area contributed by atoms with Crippen molar-refractivity contribution in [3.05, 3.63) is 29.6 Å². The molecule has 0 N–H and O–H groups in total. The molecule has 76 valence electrons. The Labute approximate surface area is 90.5 Å². The van der Waals surface area contributed by atoms with Gasteiger partial charge in [0, 0.05) is 23.7 Å². The summed E-state index contributed by atoms with van der Waals surface area (Å²) < 4.78 is 0. The Bertz CT molecular complexity index is 290. The molecule has 1 fully saturated rings. The fourth-order valence-corrected chi connectivity index (χ4v) is 2.05. The summed E-state index contributed by atoms with van der Waals surface area (Å²) in [5.74, 6) is 0.906. The number of rotatable bonds is 4. The quantitative estimate of drug-likeness (QED) is 0.694. The van der Waals surface area contributed by atoms with Crippen molar-refractivity contribution in [2.24, 2.45) is 5.92 Å². The van der Waals surface area contributed by atoms with Gasteiger partial charge in [0.1, 0.15) is 0 Å². The van der Waals surface area contributed by atoms with Crippen LogP contribution in [0.15, 0.2) is 18.3 Å². The number of aromatic nitrogens is 1. The summed E-state index contributed by atoms with van der Waals surface area (Å²) >= 11 is 6.25. The van der Waals surface area contributed by atoms with E-state index in [4.69, 9.17) is 11.6 Å². The molecule has 1 unspecified atom stereocenters. The summed E-state index contributed by atoms with van der Waals surface area (Å²) in [5.41, 5.74) is 2.33. The number of aryl methyl sites for hydroxylation is 1. The number of pyridine rings is 1. The molecule has 2 rings (SSSR count). The normalized spacial score (nSPS) is 18.1. The smallest absolute Gasteiger partial charge is 0.0418 e. The lowest BCUT2D eigenvalue weighted by atomic mass is 10.1. The van der Waals surface area contributed by atoms with E-state index < -0.39 is 0 Å². The number of alkyl halides is 1. The molecule has 0 radical (unpaired) electrons. The molecule has 1 aromatic rings. The van der Waals surface area contributed by atoms with Crippen LogP contribution in [0.3, 0.4) is 0 Å². The molecular weight excluding hydrogens is 194 g/mol. The van der Waals surface area contributed by atoms with Gasteiger partial charge in [-0.3, -0.25) is 4.98 Å². The van der Waals surface area contributed by atoms with Crippen LogP contribution in [0.2, 0.25) is 0 Å². The summed E-state index contributed by atoms with van der Waals surface area (Å²) in [5, 5.41) is 0.276. The van der Waals surface area contributed by atoms with E-state index in [0.717, 1.165) is 24.5 Å². The molecule has 1 atom stereocenters. The Balaban J connectivity index is 1.85. The molecule has 1 aromatic heterocycles. The van der Waals surface area contributed by atoms with Crippen molar-refractivity contribution in [3.63, 3.8) is 0 Å². The van der Waals surface area contributed by atoms with Crippen LogP contribution in [0, 0.1) is 12.8 Å². The number of hydrogen-bond acceptors (Lipinski definition) is 1. The standard InChI is InChI=1S/C12H16ClN/c1-9-2-5-12(14-8-9)7-11(13)6-10-3-4-10/h2,5,8,10-11H,3-4,6-7H2,1H3. The van der Waals surface area contributed by atoms with Gasteiger partial charge in [0.2, 0.25) is 0 Å². The average Bonchev–Trinajstić information content (AvgIpc) is 2.93. The molecule has 1 saturated carbocycles. The Morgan fingerprint density at radius 1 is 1.50 bits per heavy atom.